The van der Waals surface area contributed by atoms with Crippen LogP contribution in [0, 0.1) is 12.3 Å². The highest BCUT2D eigenvalue weighted by molar-refractivity contribution is 9.10. The molecule has 1 aromatic rings. The van der Waals surface area contributed by atoms with E-state index in [1.165, 1.54) is 12.1 Å². The molecule has 0 aliphatic carbocycles. The summed E-state index contributed by atoms with van der Waals surface area (Å²) in [6, 6.07) is 6.35. The molecular weight excluding hydrogens is 290 g/mol. The molecule has 0 atom stereocenters. The molecule has 5 heteroatoms. The maximum absolute atomic E-state index is 11.9. The minimum absolute atomic E-state index is 0.194. The molecule has 1 aromatic carbocycles. The second kappa shape index (κ2) is 4.58. The van der Waals surface area contributed by atoms with E-state index in [1.807, 2.05) is 0 Å². The Balaban J connectivity index is 3.05. The van der Waals surface area contributed by atoms with Gasteiger partial charge < -0.3 is 0 Å². The Morgan fingerprint density at radius 1 is 1.31 bits per heavy atom. The van der Waals surface area contributed by atoms with Crippen LogP contribution in [0.4, 0.5) is 0 Å². The van der Waals surface area contributed by atoms with E-state index in [4.69, 9.17) is 6.42 Å². The van der Waals surface area contributed by atoms with E-state index < -0.39 is 15.6 Å². The predicted octanol–water partition coefficient (Wildman–Crippen LogP) is 2.14. The first-order chi connectivity index (χ1) is 7.27. The zero-order chi connectivity index (χ0) is 12.4. The predicted molar refractivity (Wildman–Crippen MR) is 67.4 cm³/mol. The van der Waals surface area contributed by atoms with Gasteiger partial charge in [0.15, 0.2) is 0 Å². The Morgan fingerprint density at radius 3 is 2.25 bits per heavy atom. The molecule has 0 amide bonds. The molecular formula is C11H12BrNO2S. The lowest BCUT2D eigenvalue weighted by atomic mass is 10.1. The summed E-state index contributed by atoms with van der Waals surface area (Å²) in [5.74, 6) is 2.38. The highest BCUT2D eigenvalue weighted by atomic mass is 79.9. The van der Waals surface area contributed by atoms with Crippen molar-refractivity contribution in [1.29, 1.82) is 0 Å². The Hall–Kier alpha value is -0.830. The van der Waals surface area contributed by atoms with E-state index in [2.05, 4.69) is 26.6 Å². The lowest BCUT2D eigenvalue weighted by molar-refractivity contribution is 0.539. The first-order valence-electron chi connectivity index (χ1n) is 4.54. The Labute approximate surface area is 104 Å². The third kappa shape index (κ3) is 3.34. The Morgan fingerprint density at radius 2 is 1.81 bits per heavy atom. The van der Waals surface area contributed by atoms with Gasteiger partial charge in [0.2, 0.25) is 10.0 Å². The number of benzene rings is 1. The standard InChI is InChI=1S/C11H12BrNO2S/c1-4-11(2,3)13-16(14,15)10-7-5-9(12)6-8-10/h1,5-8,13H,2-3H3. The minimum Gasteiger partial charge on any atom is -0.207 e. The fraction of sp³-hybridized carbons (Fsp3) is 0.273. The fourth-order valence-electron chi connectivity index (χ4n) is 1.04. The van der Waals surface area contributed by atoms with Crippen molar-refractivity contribution >= 4 is 26.0 Å². The number of terminal acetylenes is 1. The highest BCUT2D eigenvalue weighted by Crippen LogP contribution is 2.16. The van der Waals surface area contributed by atoms with Gasteiger partial charge in [0.25, 0.3) is 0 Å². The number of sulfonamides is 1. The molecule has 86 valence electrons. The van der Waals surface area contributed by atoms with Gasteiger partial charge in [0.1, 0.15) is 0 Å². The summed E-state index contributed by atoms with van der Waals surface area (Å²) in [5.41, 5.74) is -0.897. The lowest BCUT2D eigenvalue weighted by Crippen LogP contribution is -2.41. The van der Waals surface area contributed by atoms with Gasteiger partial charge in [-0.3, -0.25) is 0 Å². The topological polar surface area (TPSA) is 46.2 Å². The third-order valence-electron chi connectivity index (χ3n) is 1.87. The number of nitrogens with one attached hydrogen (secondary N) is 1. The second-order valence-corrected chi connectivity index (χ2v) is 6.43. The molecule has 0 aliphatic heterocycles. The van der Waals surface area contributed by atoms with Crippen molar-refractivity contribution in [3.05, 3.63) is 28.7 Å². The van der Waals surface area contributed by atoms with Crippen LogP contribution < -0.4 is 4.72 Å². The molecule has 0 unspecified atom stereocenters. The summed E-state index contributed by atoms with van der Waals surface area (Å²) < 4.78 is 27.1. The van der Waals surface area contributed by atoms with Gasteiger partial charge in [-0.25, -0.2) is 8.42 Å². The monoisotopic (exact) mass is 301 g/mol. The zero-order valence-corrected chi connectivity index (χ0v) is 11.4. The summed E-state index contributed by atoms with van der Waals surface area (Å²) in [4.78, 5) is 0.194. The maximum Gasteiger partial charge on any atom is 0.241 e. The van der Waals surface area contributed by atoms with Crippen LogP contribution in [-0.2, 0) is 10.0 Å². The van der Waals surface area contributed by atoms with Crippen LogP contribution in [0.3, 0.4) is 0 Å². The molecule has 0 saturated heterocycles. The number of rotatable bonds is 3. The van der Waals surface area contributed by atoms with Crippen molar-refractivity contribution in [2.45, 2.75) is 24.3 Å². The largest absolute Gasteiger partial charge is 0.241 e. The van der Waals surface area contributed by atoms with E-state index >= 15 is 0 Å². The minimum atomic E-state index is -3.56. The van der Waals surface area contributed by atoms with Crippen LogP contribution in [0.5, 0.6) is 0 Å². The van der Waals surface area contributed by atoms with Gasteiger partial charge in [0.05, 0.1) is 10.4 Å². The average Bonchev–Trinajstić information content (AvgIpc) is 2.17. The molecule has 1 N–H and O–H groups in total. The Bertz CT molecular complexity index is 512. The Kier molecular flexibility index (Phi) is 3.79. The molecule has 1 rings (SSSR count). The van der Waals surface area contributed by atoms with Crippen molar-refractivity contribution in [1.82, 2.24) is 4.72 Å². The number of hydrogen-bond donors (Lipinski definition) is 1. The van der Waals surface area contributed by atoms with Gasteiger partial charge in [-0.1, -0.05) is 21.9 Å². The van der Waals surface area contributed by atoms with Crippen LogP contribution in [0.25, 0.3) is 0 Å². The van der Waals surface area contributed by atoms with E-state index in [-0.39, 0.29) is 4.90 Å². The van der Waals surface area contributed by atoms with Crippen LogP contribution >= 0.6 is 15.9 Å². The van der Waals surface area contributed by atoms with Gasteiger partial charge in [-0.2, -0.15) is 4.72 Å². The van der Waals surface area contributed by atoms with E-state index in [0.717, 1.165) is 4.47 Å². The molecule has 0 saturated carbocycles. The second-order valence-electron chi connectivity index (χ2n) is 3.83. The molecule has 0 heterocycles. The SMILES string of the molecule is C#CC(C)(C)NS(=O)(=O)c1ccc(Br)cc1. The summed E-state index contributed by atoms with van der Waals surface area (Å²) in [5, 5.41) is 0. The smallest absolute Gasteiger partial charge is 0.207 e. The number of halogens is 1. The van der Waals surface area contributed by atoms with Crippen molar-refractivity contribution in [2.75, 3.05) is 0 Å². The molecule has 3 nitrogen and oxygen atoms in total. The molecule has 0 radical (unpaired) electrons. The summed E-state index contributed by atoms with van der Waals surface area (Å²) in [6.07, 6.45) is 5.23. The van der Waals surface area contributed by atoms with Gasteiger partial charge in [-0.05, 0) is 38.1 Å². The first kappa shape index (κ1) is 13.2. The fourth-order valence-corrected chi connectivity index (χ4v) is 2.65. The summed E-state index contributed by atoms with van der Waals surface area (Å²) in [7, 11) is -3.56. The summed E-state index contributed by atoms with van der Waals surface area (Å²) in [6.45, 7) is 3.26. The normalized spacial score (nSPS) is 12.1. The van der Waals surface area contributed by atoms with Crippen LogP contribution in [0.2, 0.25) is 0 Å². The molecule has 0 bridgehead atoms. The van der Waals surface area contributed by atoms with Crippen molar-refractivity contribution < 1.29 is 8.42 Å². The number of hydrogen-bond acceptors (Lipinski definition) is 2. The third-order valence-corrected chi connectivity index (χ3v) is 4.07. The highest BCUT2D eigenvalue weighted by Gasteiger charge is 2.23. The zero-order valence-electron chi connectivity index (χ0n) is 8.99. The average molecular weight is 302 g/mol. The molecule has 0 fully saturated rings. The molecule has 0 spiro atoms. The van der Waals surface area contributed by atoms with Crippen molar-refractivity contribution in [3.8, 4) is 12.3 Å². The molecule has 0 aliphatic rings. The van der Waals surface area contributed by atoms with Gasteiger partial charge in [-0.15, -0.1) is 6.42 Å². The first-order valence-corrected chi connectivity index (χ1v) is 6.82. The lowest BCUT2D eigenvalue weighted by Gasteiger charge is -2.19. The quantitative estimate of drug-likeness (QED) is 0.870. The summed E-state index contributed by atoms with van der Waals surface area (Å²) >= 11 is 3.24. The van der Waals surface area contributed by atoms with Gasteiger partial charge >= 0.3 is 0 Å². The molecule has 0 aromatic heterocycles. The van der Waals surface area contributed by atoms with Crippen molar-refractivity contribution in [3.63, 3.8) is 0 Å². The van der Waals surface area contributed by atoms with E-state index in [1.54, 1.807) is 26.0 Å². The van der Waals surface area contributed by atoms with E-state index in [9.17, 15) is 8.42 Å². The van der Waals surface area contributed by atoms with Gasteiger partial charge in [0, 0.05) is 4.47 Å². The van der Waals surface area contributed by atoms with Crippen LogP contribution in [0.15, 0.2) is 33.6 Å². The van der Waals surface area contributed by atoms with Crippen LogP contribution in [0.1, 0.15) is 13.8 Å². The molecule has 16 heavy (non-hydrogen) atoms. The maximum atomic E-state index is 11.9. The van der Waals surface area contributed by atoms with Crippen molar-refractivity contribution in [2.24, 2.45) is 0 Å². The van der Waals surface area contributed by atoms with E-state index in [0.29, 0.717) is 0 Å². The van der Waals surface area contributed by atoms with Crippen LogP contribution in [-0.4, -0.2) is 14.0 Å².